The van der Waals surface area contributed by atoms with Crippen LogP contribution in [0.25, 0.3) is 10.9 Å². The monoisotopic (exact) mass is 283 g/mol. The van der Waals surface area contributed by atoms with Crippen LogP contribution < -0.4 is 5.32 Å². The molecule has 0 spiro atoms. The Labute approximate surface area is 122 Å². The van der Waals surface area contributed by atoms with Crippen molar-refractivity contribution in [3.8, 4) is 0 Å². The number of anilines is 1. The van der Waals surface area contributed by atoms with Gasteiger partial charge in [-0.2, -0.15) is 0 Å². The molecule has 0 bridgehead atoms. The van der Waals surface area contributed by atoms with Crippen molar-refractivity contribution in [2.45, 2.75) is 19.5 Å². The maximum atomic E-state index is 8.81. The van der Waals surface area contributed by atoms with E-state index in [0.717, 1.165) is 22.3 Å². The second-order valence-corrected chi connectivity index (χ2v) is 4.78. The van der Waals surface area contributed by atoms with Crippen molar-refractivity contribution in [1.29, 1.82) is 0 Å². The van der Waals surface area contributed by atoms with Gasteiger partial charge in [-0.1, -0.05) is 11.3 Å². The summed E-state index contributed by atoms with van der Waals surface area (Å²) >= 11 is 0. The van der Waals surface area contributed by atoms with E-state index in [1.807, 2.05) is 36.5 Å². The normalized spacial score (nSPS) is 10.9. The second-order valence-electron chi connectivity index (χ2n) is 4.78. The molecule has 2 aromatic heterocycles. The van der Waals surface area contributed by atoms with Crippen molar-refractivity contribution in [1.82, 2.24) is 20.0 Å². The van der Waals surface area contributed by atoms with Crippen LogP contribution in [0.15, 0.2) is 42.7 Å². The van der Waals surface area contributed by atoms with E-state index in [2.05, 4.69) is 20.6 Å². The summed E-state index contributed by atoms with van der Waals surface area (Å²) in [6, 6.07) is 9.98. The highest BCUT2D eigenvalue weighted by atomic mass is 16.3. The van der Waals surface area contributed by atoms with Gasteiger partial charge in [-0.3, -0.25) is 9.67 Å². The Morgan fingerprint density at radius 3 is 3.05 bits per heavy atom. The average Bonchev–Trinajstić information content (AvgIpc) is 2.99. The zero-order valence-electron chi connectivity index (χ0n) is 11.6. The molecular weight excluding hydrogens is 266 g/mol. The predicted molar refractivity (Wildman–Crippen MR) is 80.8 cm³/mol. The molecule has 0 amide bonds. The van der Waals surface area contributed by atoms with Gasteiger partial charge in [0, 0.05) is 30.4 Å². The lowest BCUT2D eigenvalue weighted by atomic mass is 10.2. The molecule has 0 saturated heterocycles. The summed E-state index contributed by atoms with van der Waals surface area (Å²) in [5, 5.41) is 21.4. The lowest BCUT2D eigenvalue weighted by Crippen LogP contribution is -2.01. The number of nitrogens with zero attached hydrogens (tertiary/aromatic N) is 4. The smallest absolute Gasteiger partial charge is 0.102 e. The number of nitrogens with one attached hydrogen (secondary N) is 1. The Hall–Kier alpha value is -2.47. The maximum absolute atomic E-state index is 8.81. The molecule has 0 aliphatic carbocycles. The van der Waals surface area contributed by atoms with Crippen LogP contribution in [0.5, 0.6) is 0 Å². The number of aliphatic hydroxyl groups excluding tert-OH is 1. The van der Waals surface area contributed by atoms with E-state index < -0.39 is 0 Å². The number of pyridine rings is 1. The molecule has 108 valence electrons. The van der Waals surface area contributed by atoms with Crippen molar-refractivity contribution in [3.05, 3.63) is 48.4 Å². The SMILES string of the molecule is OCCCn1cc(CNc2cccc3ncccc23)nn1. The molecule has 0 fully saturated rings. The molecule has 0 unspecified atom stereocenters. The van der Waals surface area contributed by atoms with Gasteiger partial charge in [-0.05, 0) is 30.7 Å². The molecule has 0 aliphatic heterocycles. The van der Waals surface area contributed by atoms with E-state index >= 15 is 0 Å². The largest absolute Gasteiger partial charge is 0.396 e. The van der Waals surface area contributed by atoms with Crippen LogP contribution in [0.4, 0.5) is 5.69 Å². The van der Waals surface area contributed by atoms with Crippen molar-refractivity contribution >= 4 is 16.6 Å². The summed E-state index contributed by atoms with van der Waals surface area (Å²) in [7, 11) is 0. The summed E-state index contributed by atoms with van der Waals surface area (Å²) in [4.78, 5) is 4.34. The third-order valence-electron chi connectivity index (χ3n) is 3.24. The Balaban J connectivity index is 1.70. The fourth-order valence-electron chi connectivity index (χ4n) is 2.20. The lowest BCUT2D eigenvalue weighted by molar-refractivity contribution is 0.276. The fourth-order valence-corrected chi connectivity index (χ4v) is 2.20. The third-order valence-corrected chi connectivity index (χ3v) is 3.24. The molecule has 21 heavy (non-hydrogen) atoms. The van der Waals surface area contributed by atoms with Gasteiger partial charge >= 0.3 is 0 Å². The van der Waals surface area contributed by atoms with Gasteiger partial charge in [0.2, 0.25) is 0 Å². The van der Waals surface area contributed by atoms with Gasteiger partial charge < -0.3 is 10.4 Å². The van der Waals surface area contributed by atoms with Crippen LogP contribution in [0.3, 0.4) is 0 Å². The number of aromatic nitrogens is 4. The molecule has 3 aromatic rings. The van der Waals surface area contributed by atoms with Crippen LogP contribution in [0, 0.1) is 0 Å². The van der Waals surface area contributed by atoms with E-state index in [-0.39, 0.29) is 6.61 Å². The average molecular weight is 283 g/mol. The van der Waals surface area contributed by atoms with Crippen LogP contribution in [-0.2, 0) is 13.1 Å². The lowest BCUT2D eigenvalue weighted by Gasteiger charge is -2.07. The summed E-state index contributed by atoms with van der Waals surface area (Å²) in [6.45, 7) is 1.45. The van der Waals surface area contributed by atoms with E-state index in [1.165, 1.54) is 0 Å². The highest BCUT2D eigenvalue weighted by Crippen LogP contribution is 2.21. The molecule has 2 heterocycles. The zero-order valence-corrected chi connectivity index (χ0v) is 11.6. The molecule has 2 N–H and O–H groups in total. The summed E-state index contributed by atoms with van der Waals surface area (Å²) in [6.07, 6.45) is 4.37. The van der Waals surface area contributed by atoms with Gasteiger partial charge in [0.05, 0.1) is 18.3 Å². The topological polar surface area (TPSA) is 75.9 Å². The first-order chi connectivity index (χ1) is 10.4. The van der Waals surface area contributed by atoms with Crippen molar-refractivity contribution in [3.63, 3.8) is 0 Å². The molecule has 3 rings (SSSR count). The van der Waals surface area contributed by atoms with Crippen LogP contribution in [0.1, 0.15) is 12.1 Å². The van der Waals surface area contributed by atoms with Crippen LogP contribution >= 0.6 is 0 Å². The first-order valence-electron chi connectivity index (χ1n) is 6.94. The third kappa shape index (κ3) is 3.17. The molecule has 1 aromatic carbocycles. The van der Waals surface area contributed by atoms with E-state index in [9.17, 15) is 0 Å². The highest BCUT2D eigenvalue weighted by molar-refractivity contribution is 5.91. The van der Waals surface area contributed by atoms with Crippen LogP contribution in [-0.4, -0.2) is 31.7 Å². The quantitative estimate of drug-likeness (QED) is 0.721. The van der Waals surface area contributed by atoms with E-state index in [1.54, 1.807) is 10.9 Å². The minimum Gasteiger partial charge on any atom is -0.396 e. The first kappa shape index (κ1) is 13.5. The van der Waals surface area contributed by atoms with Crippen molar-refractivity contribution in [2.24, 2.45) is 0 Å². The van der Waals surface area contributed by atoms with Crippen LogP contribution in [0.2, 0.25) is 0 Å². The molecule has 0 saturated carbocycles. The minimum absolute atomic E-state index is 0.163. The summed E-state index contributed by atoms with van der Waals surface area (Å²) < 4.78 is 1.75. The number of benzene rings is 1. The predicted octanol–water partition coefficient (Wildman–Crippen LogP) is 1.82. The molecule has 0 aliphatic rings. The second kappa shape index (κ2) is 6.32. The summed E-state index contributed by atoms with van der Waals surface area (Å²) in [5.74, 6) is 0. The minimum atomic E-state index is 0.163. The van der Waals surface area contributed by atoms with Gasteiger partial charge in [0.15, 0.2) is 0 Å². The standard InChI is InChI=1S/C15H17N5O/c21-9-3-8-20-11-12(18-19-20)10-17-15-6-1-5-14-13(15)4-2-7-16-14/h1-2,4-7,11,17,21H,3,8-10H2. The zero-order chi connectivity index (χ0) is 14.5. The summed E-state index contributed by atoms with van der Waals surface area (Å²) in [5.41, 5.74) is 2.87. The molecule has 0 atom stereocenters. The fraction of sp³-hybridized carbons (Fsp3) is 0.267. The van der Waals surface area contributed by atoms with Gasteiger partial charge in [0.1, 0.15) is 5.69 Å². The Morgan fingerprint density at radius 1 is 1.19 bits per heavy atom. The Morgan fingerprint density at radius 2 is 2.14 bits per heavy atom. The van der Waals surface area contributed by atoms with Gasteiger partial charge in [-0.15, -0.1) is 5.10 Å². The molecule has 6 heteroatoms. The van der Waals surface area contributed by atoms with Gasteiger partial charge in [0.25, 0.3) is 0 Å². The maximum Gasteiger partial charge on any atom is 0.102 e. The van der Waals surface area contributed by atoms with Crippen molar-refractivity contribution < 1.29 is 5.11 Å². The molecule has 6 nitrogen and oxygen atoms in total. The molecular formula is C15H17N5O. The number of hydrogen-bond acceptors (Lipinski definition) is 5. The Kier molecular flexibility index (Phi) is 4.07. The first-order valence-corrected chi connectivity index (χ1v) is 6.94. The highest BCUT2D eigenvalue weighted by Gasteiger charge is 2.03. The van der Waals surface area contributed by atoms with E-state index in [4.69, 9.17) is 5.11 Å². The van der Waals surface area contributed by atoms with Gasteiger partial charge in [-0.25, -0.2) is 0 Å². The Bertz CT molecular complexity index is 719. The number of aliphatic hydroxyl groups is 1. The van der Waals surface area contributed by atoms with Crippen molar-refractivity contribution in [2.75, 3.05) is 11.9 Å². The number of rotatable bonds is 6. The number of aryl methyl sites for hydroxylation is 1. The van der Waals surface area contributed by atoms with E-state index in [0.29, 0.717) is 19.5 Å². The number of hydrogen-bond donors (Lipinski definition) is 2. The number of fused-ring (bicyclic) bond motifs is 1. The molecule has 0 radical (unpaired) electrons.